The van der Waals surface area contributed by atoms with E-state index >= 15 is 0 Å². The highest BCUT2D eigenvalue weighted by atomic mass is 16.5. The van der Waals surface area contributed by atoms with Crippen LogP contribution in [-0.2, 0) is 6.42 Å². The van der Waals surface area contributed by atoms with Crippen LogP contribution in [0.25, 0.3) is 0 Å². The molecule has 1 aliphatic rings. The Bertz CT molecular complexity index is 417. The van der Waals surface area contributed by atoms with Gasteiger partial charge in [0, 0.05) is 12.6 Å². The molecule has 1 saturated heterocycles. The fraction of sp³-hybridized carbons (Fsp3) is 0.647. The van der Waals surface area contributed by atoms with E-state index in [1.165, 1.54) is 5.56 Å². The number of nitrogens with one attached hydrogen (secondary N) is 1. The van der Waals surface area contributed by atoms with Gasteiger partial charge in [0.1, 0.15) is 18.5 Å². The van der Waals surface area contributed by atoms with Crippen LogP contribution in [0.5, 0.6) is 5.75 Å². The summed E-state index contributed by atoms with van der Waals surface area (Å²) in [6.45, 7) is 5.33. The van der Waals surface area contributed by atoms with Gasteiger partial charge in [0.15, 0.2) is 0 Å². The second kappa shape index (κ2) is 8.37. The predicted octanol–water partition coefficient (Wildman–Crippen LogP) is 1.67. The zero-order chi connectivity index (χ0) is 15.1. The van der Waals surface area contributed by atoms with Crippen LogP contribution in [0.4, 0.5) is 0 Å². The van der Waals surface area contributed by atoms with Crippen LogP contribution < -0.4 is 10.1 Å². The zero-order valence-corrected chi connectivity index (χ0v) is 13.2. The topological polar surface area (TPSA) is 44.7 Å². The molecule has 4 nitrogen and oxygen atoms in total. The lowest BCUT2D eigenvalue weighted by Gasteiger charge is -2.30. The summed E-state index contributed by atoms with van der Waals surface area (Å²) in [6, 6.07) is 8.59. The quantitative estimate of drug-likeness (QED) is 0.802. The first-order chi connectivity index (χ1) is 10.2. The average molecular weight is 292 g/mol. The Morgan fingerprint density at radius 2 is 2.14 bits per heavy atom. The number of nitrogens with zero attached hydrogens (tertiary/aromatic N) is 1. The van der Waals surface area contributed by atoms with E-state index in [2.05, 4.69) is 30.3 Å². The standard InChI is InChI=1S/C17H28N2O2/c1-3-14-5-4-6-17(11-14)21-13-16(20)12-18-15-7-9-19(2)10-8-15/h4-6,11,15-16,18,20H,3,7-10,12-13H2,1-2H3. The van der Waals surface area contributed by atoms with Crippen molar-refractivity contribution in [3.63, 3.8) is 0 Å². The summed E-state index contributed by atoms with van der Waals surface area (Å²) < 4.78 is 5.67. The summed E-state index contributed by atoms with van der Waals surface area (Å²) in [4.78, 5) is 2.35. The number of hydrogen-bond donors (Lipinski definition) is 2. The summed E-state index contributed by atoms with van der Waals surface area (Å²) in [5, 5.41) is 13.5. The molecule has 1 unspecified atom stereocenters. The molecule has 0 spiro atoms. The molecule has 118 valence electrons. The van der Waals surface area contributed by atoms with Crippen LogP contribution in [0.3, 0.4) is 0 Å². The Morgan fingerprint density at radius 1 is 1.38 bits per heavy atom. The zero-order valence-electron chi connectivity index (χ0n) is 13.2. The van der Waals surface area contributed by atoms with Crippen molar-refractivity contribution < 1.29 is 9.84 Å². The van der Waals surface area contributed by atoms with Gasteiger partial charge in [-0.1, -0.05) is 19.1 Å². The molecule has 0 radical (unpaired) electrons. The lowest BCUT2D eigenvalue weighted by atomic mass is 10.1. The van der Waals surface area contributed by atoms with E-state index in [-0.39, 0.29) is 0 Å². The van der Waals surface area contributed by atoms with Crippen LogP contribution in [0, 0.1) is 0 Å². The van der Waals surface area contributed by atoms with Gasteiger partial charge in [0.25, 0.3) is 0 Å². The molecule has 21 heavy (non-hydrogen) atoms. The summed E-state index contributed by atoms with van der Waals surface area (Å²) >= 11 is 0. The molecule has 2 N–H and O–H groups in total. The molecule has 0 amide bonds. The molecule has 2 rings (SSSR count). The smallest absolute Gasteiger partial charge is 0.119 e. The fourth-order valence-electron chi connectivity index (χ4n) is 2.62. The Hall–Kier alpha value is -1.10. The van der Waals surface area contributed by atoms with Gasteiger partial charge in [0.2, 0.25) is 0 Å². The number of ether oxygens (including phenoxy) is 1. The second-order valence-corrected chi connectivity index (χ2v) is 5.95. The van der Waals surface area contributed by atoms with E-state index in [1.54, 1.807) is 0 Å². The lowest BCUT2D eigenvalue weighted by molar-refractivity contribution is 0.0995. The maximum atomic E-state index is 10.0. The van der Waals surface area contributed by atoms with E-state index < -0.39 is 6.10 Å². The van der Waals surface area contributed by atoms with Crippen molar-refractivity contribution in [3.8, 4) is 5.75 Å². The molecule has 0 bridgehead atoms. The number of rotatable bonds is 7. The maximum absolute atomic E-state index is 10.0. The van der Waals surface area contributed by atoms with Gasteiger partial charge in [-0.2, -0.15) is 0 Å². The molecular weight excluding hydrogens is 264 g/mol. The number of hydrogen-bond acceptors (Lipinski definition) is 4. The molecule has 4 heteroatoms. The summed E-state index contributed by atoms with van der Waals surface area (Å²) in [5.41, 5.74) is 1.26. The first-order valence-electron chi connectivity index (χ1n) is 7.99. The van der Waals surface area contributed by atoms with Crippen molar-refractivity contribution in [1.29, 1.82) is 0 Å². The molecule has 1 aromatic rings. The van der Waals surface area contributed by atoms with Crippen LogP contribution in [0.1, 0.15) is 25.3 Å². The third kappa shape index (κ3) is 5.65. The molecule has 0 aromatic heterocycles. The predicted molar refractivity (Wildman–Crippen MR) is 85.8 cm³/mol. The van der Waals surface area contributed by atoms with Crippen molar-refractivity contribution >= 4 is 0 Å². The minimum atomic E-state index is -0.463. The first kappa shape index (κ1) is 16.3. The molecule has 0 aliphatic carbocycles. The van der Waals surface area contributed by atoms with Crippen molar-refractivity contribution in [2.24, 2.45) is 0 Å². The van der Waals surface area contributed by atoms with Crippen molar-refractivity contribution in [2.75, 3.05) is 33.3 Å². The average Bonchev–Trinajstić information content (AvgIpc) is 2.52. The van der Waals surface area contributed by atoms with Crippen molar-refractivity contribution in [1.82, 2.24) is 10.2 Å². The summed E-state index contributed by atoms with van der Waals surface area (Å²) in [5.74, 6) is 0.840. The van der Waals surface area contributed by atoms with E-state index in [9.17, 15) is 5.11 Å². The van der Waals surface area contributed by atoms with Crippen LogP contribution in [0.2, 0.25) is 0 Å². The molecule has 0 saturated carbocycles. The minimum absolute atomic E-state index is 0.340. The monoisotopic (exact) mass is 292 g/mol. The Morgan fingerprint density at radius 3 is 2.86 bits per heavy atom. The van der Waals surface area contributed by atoms with Gasteiger partial charge in [-0.05, 0) is 57.1 Å². The van der Waals surface area contributed by atoms with Crippen LogP contribution >= 0.6 is 0 Å². The molecule has 1 aliphatic heterocycles. The van der Waals surface area contributed by atoms with Gasteiger partial charge < -0.3 is 20.1 Å². The molecule has 1 heterocycles. The second-order valence-electron chi connectivity index (χ2n) is 5.95. The summed E-state index contributed by atoms with van der Waals surface area (Å²) in [7, 11) is 2.16. The SMILES string of the molecule is CCc1cccc(OCC(O)CNC2CCN(C)CC2)c1. The number of aliphatic hydroxyl groups excluding tert-OH is 1. The molecule has 1 atom stereocenters. The fourth-order valence-corrected chi connectivity index (χ4v) is 2.62. The van der Waals surface area contributed by atoms with E-state index in [0.717, 1.165) is 38.1 Å². The Labute approximate surface area is 128 Å². The van der Waals surface area contributed by atoms with Crippen molar-refractivity contribution in [2.45, 2.75) is 38.3 Å². The van der Waals surface area contributed by atoms with Crippen LogP contribution in [-0.4, -0.2) is 55.4 Å². The third-order valence-electron chi connectivity index (χ3n) is 4.11. The number of likely N-dealkylation sites (tertiary alicyclic amines) is 1. The van der Waals surface area contributed by atoms with Gasteiger partial charge in [0.05, 0.1) is 0 Å². The molecular formula is C17H28N2O2. The number of benzene rings is 1. The normalized spacial score (nSPS) is 18.6. The highest BCUT2D eigenvalue weighted by molar-refractivity contribution is 5.28. The Balaban J connectivity index is 1.66. The first-order valence-corrected chi connectivity index (χ1v) is 7.99. The highest BCUT2D eigenvalue weighted by Crippen LogP contribution is 2.14. The molecule has 1 aromatic carbocycles. The van der Waals surface area contributed by atoms with Gasteiger partial charge in [-0.3, -0.25) is 0 Å². The van der Waals surface area contributed by atoms with Gasteiger partial charge in [-0.15, -0.1) is 0 Å². The third-order valence-corrected chi connectivity index (χ3v) is 4.11. The lowest BCUT2D eigenvalue weighted by Crippen LogP contribution is -2.44. The Kier molecular flexibility index (Phi) is 6.49. The van der Waals surface area contributed by atoms with Crippen molar-refractivity contribution in [3.05, 3.63) is 29.8 Å². The highest BCUT2D eigenvalue weighted by Gasteiger charge is 2.17. The molecule has 1 fully saturated rings. The van der Waals surface area contributed by atoms with E-state index in [4.69, 9.17) is 4.74 Å². The maximum Gasteiger partial charge on any atom is 0.119 e. The van der Waals surface area contributed by atoms with E-state index in [1.807, 2.05) is 18.2 Å². The van der Waals surface area contributed by atoms with Gasteiger partial charge in [-0.25, -0.2) is 0 Å². The summed E-state index contributed by atoms with van der Waals surface area (Å²) in [6.07, 6.45) is 2.85. The number of aryl methyl sites for hydroxylation is 1. The minimum Gasteiger partial charge on any atom is -0.491 e. The number of aliphatic hydroxyl groups is 1. The number of piperidine rings is 1. The van der Waals surface area contributed by atoms with Gasteiger partial charge >= 0.3 is 0 Å². The van der Waals surface area contributed by atoms with Crippen LogP contribution in [0.15, 0.2) is 24.3 Å². The largest absolute Gasteiger partial charge is 0.491 e. The van der Waals surface area contributed by atoms with E-state index in [0.29, 0.717) is 19.2 Å².